The highest BCUT2D eigenvalue weighted by Crippen LogP contribution is 2.30. The predicted molar refractivity (Wildman–Crippen MR) is 75.2 cm³/mol. The second-order valence-electron chi connectivity index (χ2n) is 5.39. The summed E-state index contributed by atoms with van der Waals surface area (Å²) in [6.45, 7) is 4.29. The lowest BCUT2D eigenvalue weighted by molar-refractivity contribution is -0.128. The van der Waals surface area contributed by atoms with Crippen LogP contribution in [0.4, 0.5) is 0 Å². The van der Waals surface area contributed by atoms with E-state index < -0.39 is 5.54 Å². The maximum atomic E-state index is 12.3. The van der Waals surface area contributed by atoms with Crippen molar-refractivity contribution in [1.82, 2.24) is 5.32 Å². The molecule has 0 bridgehead atoms. The molecule has 0 aromatic heterocycles. The maximum absolute atomic E-state index is 12.3. The van der Waals surface area contributed by atoms with Crippen molar-refractivity contribution in [2.75, 3.05) is 12.0 Å². The third-order valence-electron chi connectivity index (χ3n) is 3.68. The topological polar surface area (TPSA) is 55.1 Å². The molecule has 0 aliphatic heterocycles. The van der Waals surface area contributed by atoms with Crippen LogP contribution in [0.3, 0.4) is 0 Å². The zero-order valence-corrected chi connectivity index (χ0v) is 12.1. The van der Waals surface area contributed by atoms with E-state index in [1.807, 2.05) is 0 Å². The molecule has 4 heteroatoms. The van der Waals surface area contributed by atoms with Crippen LogP contribution in [-0.4, -0.2) is 29.5 Å². The molecule has 1 rings (SSSR count). The summed E-state index contributed by atoms with van der Waals surface area (Å²) in [6, 6.07) is 0.259. The van der Waals surface area contributed by atoms with Crippen molar-refractivity contribution in [2.24, 2.45) is 11.7 Å². The molecule has 3 atom stereocenters. The number of hydrogen-bond donors (Lipinski definition) is 2. The van der Waals surface area contributed by atoms with Crippen LogP contribution >= 0.6 is 11.8 Å². The predicted octanol–water partition coefficient (Wildman–Crippen LogP) is 2.15. The second-order valence-corrected chi connectivity index (χ2v) is 6.30. The Hall–Kier alpha value is -0.220. The van der Waals surface area contributed by atoms with Gasteiger partial charge in [0.05, 0.1) is 5.54 Å². The number of nitrogens with one attached hydrogen (secondary N) is 1. The molecule has 1 aliphatic carbocycles. The van der Waals surface area contributed by atoms with E-state index in [9.17, 15) is 4.79 Å². The van der Waals surface area contributed by atoms with Gasteiger partial charge in [-0.3, -0.25) is 4.79 Å². The number of hydrogen-bond acceptors (Lipinski definition) is 3. The van der Waals surface area contributed by atoms with E-state index in [4.69, 9.17) is 5.73 Å². The van der Waals surface area contributed by atoms with E-state index in [1.54, 1.807) is 11.8 Å². The Morgan fingerprint density at radius 1 is 1.65 bits per heavy atom. The molecule has 3 N–H and O–H groups in total. The molecule has 0 saturated heterocycles. The molecule has 0 heterocycles. The normalized spacial score (nSPS) is 30.9. The first-order chi connectivity index (χ1) is 8.01. The molecule has 17 heavy (non-hydrogen) atoms. The van der Waals surface area contributed by atoms with E-state index in [0.29, 0.717) is 5.92 Å². The van der Waals surface area contributed by atoms with Gasteiger partial charge in [0.2, 0.25) is 5.91 Å². The first-order valence-corrected chi connectivity index (χ1v) is 8.00. The first-order valence-electron chi connectivity index (χ1n) is 6.60. The Morgan fingerprint density at radius 3 is 2.88 bits per heavy atom. The van der Waals surface area contributed by atoms with Gasteiger partial charge >= 0.3 is 0 Å². The van der Waals surface area contributed by atoms with Gasteiger partial charge in [0.15, 0.2) is 0 Å². The molecule has 100 valence electrons. The van der Waals surface area contributed by atoms with Crippen molar-refractivity contribution >= 4 is 17.7 Å². The molecule has 3 nitrogen and oxygen atoms in total. The largest absolute Gasteiger partial charge is 0.351 e. The highest BCUT2D eigenvalue weighted by atomic mass is 32.2. The molecule has 1 aliphatic rings. The summed E-state index contributed by atoms with van der Waals surface area (Å²) in [7, 11) is 0. The SMILES string of the molecule is CCC(CSC)NC(=O)C1(N)CCCC(C)C1. The van der Waals surface area contributed by atoms with Crippen molar-refractivity contribution in [2.45, 2.75) is 57.5 Å². The lowest BCUT2D eigenvalue weighted by atomic mass is 9.76. The monoisotopic (exact) mass is 258 g/mol. The van der Waals surface area contributed by atoms with E-state index >= 15 is 0 Å². The molecular formula is C13H26N2OS. The quantitative estimate of drug-likeness (QED) is 0.794. The summed E-state index contributed by atoms with van der Waals surface area (Å²) >= 11 is 1.77. The first kappa shape index (κ1) is 14.8. The van der Waals surface area contributed by atoms with Crippen molar-refractivity contribution in [1.29, 1.82) is 0 Å². The molecular weight excluding hydrogens is 232 g/mol. The van der Waals surface area contributed by atoms with Gasteiger partial charge in [0.25, 0.3) is 0 Å². The van der Waals surface area contributed by atoms with Gasteiger partial charge in [-0.25, -0.2) is 0 Å². The number of amides is 1. The molecule has 0 spiro atoms. The van der Waals surface area contributed by atoms with E-state index in [0.717, 1.165) is 31.4 Å². The van der Waals surface area contributed by atoms with Gasteiger partial charge in [0.1, 0.15) is 0 Å². The summed E-state index contributed by atoms with van der Waals surface area (Å²) in [5, 5.41) is 3.11. The molecule has 0 aromatic rings. The molecule has 0 radical (unpaired) electrons. The standard InChI is InChI=1S/C13H26N2OS/c1-4-11(9-17-3)15-12(16)13(14)7-5-6-10(2)8-13/h10-11H,4-9,14H2,1-3H3,(H,15,16). The van der Waals surface area contributed by atoms with Crippen LogP contribution < -0.4 is 11.1 Å². The van der Waals surface area contributed by atoms with Gasteiger partial charge in [-0.05, 0) is 31.4 Å². The Balaban J connectivity index is 2.55. The van der Waals surface area contributed by atoms with Gasteiger partial charge in [-0.1, -0.05) is 26.7 Å². The van der Waals surface area contributed by atoms with Crippen LogP contribution in [0.25, 0.3) is 0 Å². The number of thioether (sulfide) groups is 1. The Labute approximate surface area is 109 Å². The second kappa shape index (κ2) is 6.64. The summed E-state index contributed by atoms with van der Waals surface area (Å²) < 4.78 is 0. The maximum Gasteiger partial charge on any atom is 0.240 e. The van der Waals surface area contributed by atoms with Crippen LogP contribution in [0.1, 0.15) is 46.0 Å². The summed E-state index contributed by atoms with van der Waals surface area (Å²) in [5.41, 5.74) is 5.65. The lowest BCUT2D eigenvalue weighted by Gasteiger charge is -2.36. The minimum Gasteiger partial charge on any atom is -0.351 e. The lowest BCUT2D eigenvalue weighted by Crippen LogP contribution is -2.58. The Kier molecular flexibility index (Phi) is 5.80. The minimum absolute atomic E-state index is 0.0601. The number of carbonyl (C=O) groups excluding carboxylic acids is 1. The molecule has 3 unspecified atom stereocenters. The van der Waals surface area contributed by atoms with Crippen LogP contribution in [0.2, 0.25) is 0 Å². The number of rotatable bonds is 5. The Bertz CT molecular complexity index is 260. The average molecular weight is 258 g/mol. The number of nitrogens with two attached hydrogens (primary N) is 1. The summed E-state index contributed by atoms with van der Waals surface area (Å²) in [6.07, 6.45) is 6.97. The van der Waals surface area contributed by atoms with E-state index in [-0.39, 0.29) is 11.9 Å². The van der Waals surface area contributed by atoms with Crippen LogP contribution in [-0.2, 0) is 4.79 Å². The van der Waals surface area contributed by atoms with Crippen molar-refractivity contribution in [3.63, 3.8) is 0 Å². The van der Waals surface area contributed by atoms with Gasteiger partial charge in [-0.2, -0.15) is 11.8 Å². The van der Waals surface area contributed by atoms with Crippen molar-refractivity contribution in [3.05, 3.63) is 0 Å². The molecule has 1 fully saturated rings. The fourth-order valence-electron chi connectivity index (χ4n) is 2.59. The third kappa shape index (κ3) is 4.18. The van der Waals surface area contributed by atoms with E-state index in [2.05, 4.69) is 25.4 Å². The van der Waals surface area contributed by atoms with Gasteiger partial charge in [-0.15, -0.1) is 0 Å². The highest BCUT2D eigenvalue weighted by Gasteiger charge is 2.38. The van der Waals surface area contributed by atoms with E-state index in [1.165, 1.54) is 6.42 Å². The van der Waals surface area contributed by atoms with Crippen LogP contribution in [0.15, 0.2) is 0 Å². The van der Waals surface area contributed by atoms with Gasteiger partial charge < -0.3 is 11.1 Å². The third-order valence-corrected chi connectivity index (χ3v) is 4.42. The van der Waals surface area contributed by atoms with Crippen LogP contribution in [0, 0.1) is 5.92 Å². The minimum atomic E-state index is -0.622. The number of carbonyl (C=O) groups is 1. The Morgan fingerprint density at radius 2 is 2.35 bits per heavy atom. The zero-order chi connectivity index (χ0) is 12.9. The fourth-order valence-corrected chi connectivity index (χ4v) is 3.31. The average Bonchev–Trinajstić information content (AvgIpc) is 2.28. The van der Waals surface area contributed by atoms with Crippen molar-refractivity contribution < 1.29 is 4.79 Å². The highest BCUT2D eigenvalue weighted by molar-refractivity contribution is 7.98. The fraction of sp³-hybridized carbons (Fsp3) is 0.923. The molecule has 0 aromatic carbocycles. The smallest absolute Gasteiger partial charge is 0.240 e. The van der Waals surface area contributed by atoms with Crippen LogP contribution in [0.5, 0.6) is 0 Å². The van der Waals surface area contributed by atoms with Gasteiger partial charge in [0, 0.05) is 11.8 Å². The summed E-state index contributed by atoms with van der Waals surface area (Å²) in [5.74, 6) is 1.60. The summed E-state index contributed by atoms with van der Waals surface area (Å²) in [4.78, 5) is 12.3. The zero-order valence-electron chi connectivity index (χ0n) is 11.3. The molecule has 1 saturated carbocycles. The van der Waals surface area contributed by atoms with Crippen molar-refractivity contribution in [3.8, 4) is 0 Å². The molecule has 1 amide bonds.